The van der Waals surface area contributed by atoms with Crippen LogP contribution in [0.4, 0.5) is 0 Å². The molecule has 3 rings (SSSR count). The molecule has 24 heavy (non-hydrogen) atoms. The number of likely N-dealkylation sites (N-methyl/N-ethyl adjacent to an activating group) is 1. The molecule has 2 aromatic rings. The summed E-state index contributed by atoms with van der Waals surface area (Å²) in [4.78, 5) is 2.32. The number of nitrogens with one attached hydrogen (secondary N) is 1. The number of aromatic nitrogens is 2. The number of nitrogens with zero attached hydrogens (tertiary/aromatic N) is 3. The van der Waals surface area contributed by atoms with E-state index in [2.05, 4.69) is 40.6 Å². The Bertz CT molecular complexity index is 643. The summed E-state index contributed by atoms with van der Waals surface area (Å²) >= 11 is 6.05. The number of halogens is 1. The fraction of sp³-hybridized carbons (Fsp3) is 0.500. The van der Waals surface area contributed by atoms with Crippen LogP contribution in [0.1, 0.15) is 17.3 Å². The SMILES string of the molecule is CN1CCO[C@@H]([C@H](NCCc2ccnn2C)c2ccc(Cl)cc2)C1. The van der Waals surface area contributed by atoms with Crippen LogP contribution in [0.25, 0.3) is 0 Å². The van der Waals surface area contributed by atoms with Gasteiger partial charge in [-0.25, -0.2) is 0 Å². The maximum Gasteiger partial charge on any atom is 0.0896 e. The molecular weight excluding hydrogens is 324 g/mol. The van der Waals surface area contributed by atoms with Gasteiger partial charge in [0.25, 0.3) is 0 Å². The van der Waals surface area contributed by atoms with E-state index in [1.54, 1.807) is 0 Å². The highest BCUT2D eigenvalue weighted by atomic mass is 35.5. The monoisotopic (exact) mass is 348 g/mol. The maximum atomic E-state index is 6.05. The van der Waals surface area contributed by atoms with Crippen molar-refractivity contribution in [1.29, 1.82) is 0 Å². The molecule has 2 heterocycles. The molecular formula is C18H25ClN4O. The molecule has 1 aromatic heterocycles. The molecule has 0 amide bonds. The van der Waals surface area contributed by atoms with E-state index in [1.165, 1.54) is 11.3 Å². The molecule has 6 heteroatoms. The lowest BCUT2D eigenvalue weighted by atomic mass is 9.99. The van der Waals surface area contributed by atoms with E-state index in [0.29, 0.717) is 0 Å². The summed E-state index contributed by atoms with van der Waals surface area (Å²) in [5, 5.41) is 8.66. The molecule has 1 aromatic carbocycles. The second-order valence-corrected chi connectivity index (χ2v) is 6.79. The predicted molar refractivity (Wildman–Crippen MR) is 96.3 cm³/mol. The number of ether oxygens (including phenoxy) is 1. The van der Waals surface area contributed by atoms with Crippen molar-refractivity contribution in [2.24, 2.45) is 7.05 Å². The quantitative estimate of drug-likeness (QED) is 0.869. The lowest BCUT2D eigenvalue weighted by Crippen LogP contribution is -2.47. The number of hydrogen-bond acceptors (Lipinski definition) is 4. The van der Waals surface area contributed by atoms with Gasteiger partial charge in [0.1, 0.15) is 0 Å². The molecule has 1 fully saturated rings. The molecule has 0 saturated carbocycles. The van der Waals surface area contributed by atoms with Crippen LogP contribution >= 0.6 is 11.6 Å². The first kappa shape index (κ1) is 17.4. The van der Waals surface area contributed by atoms with Gasteiger partial charge in [-0.05, 0) is 30.8 Å². The highest BCUT2D eigenvalue weighted by molar-refractivity contribution is 6.30. The number of morpholine rings is 1. The number of aryl methyl sites for hydroxylation is 1. The predicted octanol–water partition coefficient (Wildman–Crippen LogP) is 2.28. The van der Waals surface area contributed by atoms with Gasteiger partial charge in [0.05, 0.1) is 18.8 Å². The van der Waals surface area contributed by atoms with Crippen LogP contribution in [0.2, 0.25) is 5.02 Å². The van der Waals surface area contributed by atoms with E-state index in [-0.39, 0.29) is 12.1 Å². The molecule has 1 N–H and O–H groups in total. The van der Waals surface area contributed by atoms with Crippen molar-refractivity contribution in [3.05, 3.63) is 52.8 Å². The van der Waals surface area contributed by atoms with Gasteiger partial charge in [0, 0.05) is 50.0 Å². The third-order valence-electron chi connectivity index (χ3n) is 4.57. The normalized spacial score (nSPS) is 20.2. The standard InChI is InChI=1S/C18H25ClN4O/c1-22-11-12-24-17(13-22)18(14-3-5-15(19)6-4-14)20-9-7-16-8-10-21-23(16)2/h3-6,8,10,17-18,20H,7,9,11-13H2,1-2H3/t17-,18-/m1/s1. The molecule has 5 nitrogen and oxygen atoms in total. The molecule has 0 aliphatic carbocycles. The molecule has 0 radical (unpaired) electrons. The molecule has 0 unspecified atom stereocenters. The smallest absolute Gasteiger partial charge is 0.0896 e. The highest BCUT2D eigenvalue weighted by Gasteiger charge is 2.27. The van der Waals surface area contributed by atoms with Crippen molar-refractivity contribution in [1.82, 2.24) is 20.0 Å². The Hall–Kier alpha value is -1.40. The van der Waals surface area contributed by atoms with E-state index < -0.39 is 0 Å². The molecule has 2 atom stereocenters. The highest BCUT2D eigenvalue weighted by Crippen LogP contribution is 2.23. The Morgan fingerprint density at radius 3 is 2.75 bits per heavy atom. The van der Waals surface area contributed by atoms with Crippen molar-refractivity contribution >= 4 is 11.6 Å². The Morgan fingerprint density at radius 2 is 2.08 bits per heavy atom. The van der Waals surface area contributed by atoms with Crippen LogP contribution in [0.5, 0.6) is 0 Å². The third-order valence-corrected chi connectivity index (χ3v) is 4.82. The second kappa shape index (κ2) is 8.12. The summed E-state index contributed by atoms with van der Waals surface area (Å²) in [6.07, 6.45) is 2.91. The summed E-state index contributed by atoms with van der Waals surface area (Å²) in [6, 6.07) is 10.3. The minimum Gasteiger partial charge on any atom is -0.374 e. The first-order valence-electron chi connectivity index (χ1n) is 8.39. The van der Waals surface area contributed by atoms with Gasteiger partial charge >= 0.3 is 0 Å². The van der Waals surface area contributed by atoms with Gasteiger partial charge in [-0.1, -0.05) is 23.7 Å². The zero-order valence-electron chi connectivity index (χ0n) is 14.3. The molecule has 130 valence electrons. The van der Waals surface area contributed by atoms with Crippen LogP contribution in [-0.4, -0.2) is 54.1 Å². The van der Waals surface area contributed by atoms with Gasteiger partial charge in [0.2, 0.25) is 0 Å². The summed E-state index contributed by atoms with van der Waals surface area (Å²) in [7, 11) is 4.12. The molecule has 1 aliphatic rings. The van der Waals surface area contributed by atoms with Crippen LogP contribution < -0.4 is 5.32 Å². The Labute approximate surface area is 148 Å². The van der Waals surface area contributed by atoms with E-state index >= 15 is 0 Å². The van der Waals surface area contributed by atoms with Gasteiger partial charge in [-0.15, -0.1) is 0 Å². The summed E-state index contributed by atoms with van der Waals surface area (Å²) < 4.78 is 7.97. The van der Waals surface area contributed by atoms with Crippen molar-refractivity contribution in [3.8, 4) is 0 Å². The zero-order valence-corrected chi connectivity index (χ0v) is 15.0. The average Bonchev–Trinajstić information content (AvgIpc) is 2.98. The second-order valence-electron chi connectivity index (χ2n) is 6.35. The first-order chi connectivity index (χ1) is 11.6. The molecule has 1 saturated heterocycles. The summed E-state index contributed by atoms with van der Waals surface area (Å²) in [5.74, 6) is 0. The van der Waals surface area contributed by atoms with E-state index in [1.807, 2.05) is 30.1 Å². The van der Waals surface area contributed by atoms with Gasteiger partial charge in [-0.2, -0.15) is 5.10 Å². The fourth-order valence-electron chi connectivity index (χ4n) is 3.15. The van der Waals surface area contributed by atoms with Crippen molar-refractivity contribution in [2.75, 3.05) is 33.3 Å². The molecule has 0 spiro atoms. The zero-order chi connectivity index (χ0) is 16.9. The Kier molecular flexibility index (Phi) is 5.89. The van der Waals surface area contributed by atoms with E-state index in [0.717, 1.165) is 37.7 Å². The molecule has 0 bridgehead atoms. The van der Waals surface area contributed by atoms with Crippen molar-refractivity contribution in [3.63, 3.8) is 0 Å². The van der Waals surface area contributed by atoms with Crippen LogP contribution in [0.15, 0.2) is 36.5 Å². The maximum absolute atomic E-state index is 6.05. The molecule has 1 aliphatic heterocycles. The number of hydrogen-bond donors (Lipinski definition) is 1. The van der Waals surface area contributed by atoms with Crippen LogP contribution in [-0.2, 0) is 18.2 Å². The lowest BCUT2D eigenvalue weighted by Gasteiger charge is -2.36. The fourth-order valence-corrected chi connectivity index (χ4v) is 3.28. The Morgan fingerprint density at radius 1 is 1.29 bits per heavy atom. The van der Waals surface area contributed by atoms with Crippen molar-refractivity contribution < 1.29 is 4.74 Å². The van der Waals surface area contributed by atoms with Gasteiger partial charge in [-0.3, -0.25) is 4.68 Å². The number of benzene rings is 1. The summed E-state index contributed by atoms with van der Waals surface area (Å²) in [6.45, 7) is 3.55. The van der Waals surface area contributed by atoms with Gasteiger partial charge in [0.15, 0.2) is 0 Å². The minimum absolute atomic E-state index is 0.136. The third kappa shape index (κ3) is 4.36. The summed E-state index contributed by atoms with van der Waals surface area (Å²) in [5.41, 5.74) is 2.43. The average molecular weight is 349 g/mol. The topological polar surface area (TPSA) is 42.3 Å². The minimum atomic E-state index is 0.136. The van der Waals surface area contributed by atoms with Crippen LogP contribution in [0.3, 0.4) is 0 Å². The van der Waals surface area contributed by atoms with E-state index in [4.69, 9.17) is 16.3 Å². The van der Waals surface area contributed by atoms with Gasteiger partial charge < -0.3 is 15.0 Å². The lowest BCUT2D eigenvalue weighted by molar-refractivity contribution is -0.0392. The number of rotatable bonds is 6. The largest absolute Gasteiger partial charge is 0.374 e. The van der Waals surface area contributed by atoms with Crippen molar-refractivity contribution in [2.45, 2.75) is 18.6 Å². The van der Waals surface area contributed by atoms with Crippen LogP contribution in [0, 0.1) is 0 Å². The Balaban J connectivity index is 1.69. The van der Waals surface area contributed by atoms with E-state index in [9.17, 15) is 0 Å². The first-order valence-corrected chi connectivity index (χ1v) is 8.77.